The summed E-state index contributed by atoms with van der Waals surface area (Å²) < 4.78 is 0. The molecule has 0 saturated heterocycles. The summed E-state index contributed by atoms with van der Waals surface area (Å²) in [4.78, 5) is 20.5. The zero-order valence-corrected chi connectivity index (χ0v) is 18.5. The number of aliphatic imine (C=N–C) groups is 1. The van der Waals surface area contributed by atoms with Gasteiger partial charge in [-0.05, 0) is 56.4 Å². The van der Waals surface area contributed by atoms with Crippen molar-refractivity contribution in [3.63, 3.8) is 0 Å². The van der Waals surface area contributed by atoms with E-state index in [1.54, 1.807) is 0 Å². The molecular formula is C27H29N3O. The Balaban J connectivity index is 1.73. The summed E-state index contributed by atoms with van der Waals surface area (Å²) in [5.74, 6) is -0.375. The Labute approximate surface area is 184 Å². The van der Waals surface area contributed by atoms with Gasteiger partial charge >= 0.3 is 0 Å². The lowest BCUT2D eigenvalue weighted by molar-refractivity contribution is -0.116. The molecule has 4 nitrogen and oxygen atoms in total. The number of anilines is 1. The Kier molecular flexibility index (Phi) is 6.04. The van der Waals surface area contributed by atoms with Crippen LogP contribution in [0.25, 0.3) is 0 Å². The van der Waals surface area contributed by atoms with E-state index in [1.807, 2.05) is 25.1 Å². The molecule has 31 heavy (non-hydrogen) atoms. The first kappa shape index (κ1) is 21.1. The third-order valence-electron chi connectivity index (χ3n) is 6.68. The zero-order valence-electron chi connectivity index (χ0n) is 18.5. The van der Waals surface area contributed by atoms with Gasteiger partial charge < -0.3 is 4.90 Å². The van der Waals surface area contributed by atoms with Gasteiger partial charge in [-0.2, -0.15) is 5.26 Å². The lowest BCUT2D eigenvalue weighted by atomic mass is 9.69. The highest BCUT2D eigenvalue weighted by atomic mass is 16.1. The summed E-state index contributed by atoms with van der Waals surface area (Å²) in [7, 11) is 0. The van der Waals surface area contributed by atoms with Gasteiger partial charge in [0.2, 0.25) is 0 Å². The number of allylic oxidation sites excluding steroid dienone is 2. The molecule has 0 spiro atoms. The lowest BCUT2D eigenvalue weighted by Gasteiger charge is -2.35. The van der Waals surface area contributed by atoms with Crippen LogP contribution >= 0.6 is 0 Å². The van der Waals surface area contributed by atoms with Crippen molar-refractivity contribution >= 4 is 17.2 Å². The van der Waals surface area contributed by atoms with E-state index >= 15 is 0 Å². The molecule has 0 amide bonds. The van der Waals surface area contributed by atoms with Crippen LogP contribution in [0.4, 0.5) is 5.69 Å². The van der Waals surface area contributed by atoms with E-state index in [0.29, 0.717) is 6.42 Å². The van der Waals surface area contributed by atoms with Gasteiger partial charge in [0, 0.05) is 48.1 Å². The van der Waals surface area contributed by atoms with Crippen molar-refractivity contribution < 1.29 is 4.79 Å². The highest BCUT2D eigenvalue weighted by Crippen LogP contribution is 2.46. The van der Waals surface area contributed by atoms with Gasteiger partial charge in [0.1, 0.15) is 0 Å². The fraction of sp³-hybridized carbons (Fsp3) is 0.370. The maximum absolute atomic E-state index is 13.4. The zero-order chi connectivity index (χ0) is 22.0. The molecule has 1 aliphatic heterocycles. The van der Waals surface area contributed by atoms with Crippen molar-refractivity contribution in [2.24, 2.45) is 10.9 Å². The number of carbonyl (C=O) groups is 1. The molecule has 1 unspecified atom stereocenters. The number of hydrogen-bond acceptors (Lipinski definition) is 4. The predicted octanol–water partition coefficient (Wildman–Crippen LogP) is 5.63. The first-order valence-corrected chi connectivity index (χ1v) is 11.2. The summed E-state index contributed by atoms with van der Waals surface area (Å²) in [6.45, 7) is 8.10. The third-order valence-corrected chi connectivity index (χ3v) is 6.68. The van der Waals surface area contributed by atoms with E-state index in [2.05, 4.69) is 61.2 Å². The summed E-state index contributed by atoms with van der Waals surface area (Å²) in [6, 6.07) is 21.0. The van der Waals surface area contributed by atoms with Gasteiger partial charge in [-0.1, -0.05) is 42.5 Å². The number of carbonyl (C=O) groups excluding carboxylic acids is 1. The topological polar surface area (TPSA) is 56.5 Å². The molecule has 1 heterocycles. The van der Waals surface area contributed by atoms with Crippen molar-refractivity contribution in [3.05, 3.63) is 77.0 Å². The molecule has 2 aromatic rings. The predicted molar refractivity (Wildman–Crippen MR) is 125 cm³/mol. The number of ketones is 1. The minimum absolute atomic E-state index is 0.129. The number of nitriles is 1. The number of hydrogen-bond donors (Lipinski definition) is 0. The van der Waals surface area contributed by atoms with E-state index in [1.165, 1.54) is 5.56 Å². The molecule has 2 aliphatic rings. The van der Waals surface area contributed by atoms with E-state index in [0.717, 1.165) is 47.7 Å². The van der Waals surface area contributed by atoms with Gasteiger partial charge in [-0.25, -0.2) is 0 Å². The number of Topliss-reactive ketones (excluding diaryl/α,β-unsaturated/α-hetero) is 1. The minimum atomic E-state index is -0.407. The van der Waals surface area contributed by atoms with Crippen LogP contribution in [0.5, 0.6) is 0 Å². The molecule has 0 fully saturated rings. The van der Waals surface area contributed by atoms with Crippen LogP contribution in [0.1, 0.15) is 56.6 Å². The van der Waals surface area contributed by atoms with Gasteiger partial charge in [-0.3, -0.25) is 9.79 Å². The lowest BCUT2D eigenvalue weighted by Crippen LogP contribution is -2.32. The second-order valence-corrected chi connectivity index (χ2v) is 8.40. The van der Waals surface area contributed by atoms with Crippen molar-refractivity contribution in [2.75, 3.05) is 18.0 Å². The molecule has 0 aromatic heterocycles. The fourth-order valence-electron chi connectivity index (χ4n) is 5.03. The van der Waals surface area contributed by atoms with E-state index in [4.69, 9.17) is 4.99 Å². The molecule has 0 radical (unpaired) electrons. The molecule has 4 heteroatoms. The molecule has 158 valence electrons. The third kappa shape index (κ3) is 3.93. The minimum Gasteiger partial charge on any atom is -0.372 e. The van der Waals surface area contributed by atoms with Gasteiger partial charge in [0.15, 0.2) is 5.78 Å². The van der Waals surface area contributed by atoms with Gasteiger partial charge in [0.05, 0.1) is 12.0 Å². The van der Waals surface area contributed by atoms with Crippen molar-refractivity contribution in [1.82, 2.24) is 0 Å². The Hall–Kier alpha value is -3.19. The van der Waals surface area contributed by atoms with E-state index < -0.39 is 5.92 Å². The summed E-state index contributed by atoms with van der Waals surface area (Å²) >= 11 is 0. The molecule has 0 bridgehead atoms. The summed E-state index contributed by atoms with van der Waals surface area (Å²) in [6.07, 6.45) is 1.22. The Morgan fingerprint density at radius 1 is 1.00 bits per heavy atom. The largest absolute Gasteiger partial charge is 0.372 e. The van der Waals surface area contributed by atoms with Crippen LogP contribution in [0.15, 0.2) is 70.9 Å². The fourth-order valence-corrected chi connectivity index (χ4v) is 5.03. The maximum Gasteiger partial charge on any atom is 0.161 e. The molecule has 0 saturated carbocycles. The standard InChI is InChI=1S/C27H29N3O/c1-4-30(5-2)22-13-11-20(12-14-22)26-23(17-28)18(3)29-24-15-21(16-25(31)27(24)26)19-9-7-6-8-10-19/h6-14,21,23,26H,4-5,15-16H2,1-3H3/t21-,23?,26+/m1/s1. The van der Waals surface area contributed by atoms with Crippen LogP contribution in [-0.4, -0.2) is 24.6 Å². The van der Waals surface area contributed by atoms with Crippen LogP contribution in [0.3, 0.4) is 0 Å². The number of benzene rings is 2. The normalized spacial score (nSPS) is 23.1. The summed E-state index contributed by atoms with van der Waals surface area (Å²) in [5.41, 5.74) is 5.79. The van der Waals surface area contributed by atoms with Gasteiger partial charge in [-0.15, -0.1) is 0 Å². The van der Waals surface area contributed by atoms with Crippen molar-refractivity contribution in [1.29, 1.82) is 5.26 Å². The average molecular weight is 412 g/mol. The maximum atomic E-state index is 13.4. The molecule has 1 aliphatic carbocycles. The molecule has 2 aromatic carbocycles. The van der Waals surface area contributed by atoms with Crippen molar-refractivity contribution in [2.45, 2.75) is 45.4 Å². The van der Waals surface area contributed by atoms with E-state index in [9.17, 15) is 10.1 Å². The van der Waals surface area contributed by atoms with Gasteiger partial charge in [0.25, 0.3) is 0 Å². The van der Waals surface area contributed by atoms with Crippen LogP contribution in [-0.2, 0) is 4.79 Å². The SMILES string of the molecule is CCN(CC)c1ccc([C@@H]2C3=C(C[C@@H](c4ccccc4)CC3=O)N=C(C)C2C#N)cc1. The van der Waals surface area contributed by atoms with Crippen molar-refractivity contribution in [3.8, 4) is 6.07 Å². The second kappa shape index (κ2) is 8.89. The molecule has 4 rings (SSSR count). The first-order chi connectivity index (χ1) is 15.1. The van der Waals surface area contributed by atoms with Crippen LogP contribution in [0, 0.1) is 17.2 Å². The second-order valence-electron chi connectivity index (χ2n) is 8.40. The number of rotatable bonds is 5. The van der Waals surface area contributed by atoms with E-state index in [-0.39, 0.29) is 17.6 Å². The Bertz CT molecular complexity index is 1060. The molecular weight excluding hydrogens is 382 g/mol. The smallest absolute Gasteiger partial charge is 0.161 e. The summed E-state index contributed by atoms with van der Waals surface area (Å²) in [5, 5.41) is 9.95. The Morgan fingerprint density at radius 3 is 2.29 bits per heavy atom. The Morgan fingerprint density at radius 2 is 1.68 bits per heavy atom. The molecule has 0 N–H and O–H groups in total. The quantitative estimate of drug-likeness (QED) is 0.640. The molecule has 3 atom stereocenters. The first-order valence-electron chi connectivity index (χ1n) is 11.2. The highest BCUT2D eigenvalue weighted by molar-refractivity contribution is 6.03. The highest BCUT2D eigenvalue weighted by Gasteiger charge is 2.41. The van der Waals surface area contributed by atoms with Crippen LogP contribution < -0.4 is 4.90 Å². The number of nitrogens with zero attached hydrogens (tertiary/aromatic N) is 3. The monoisotopic (exact) mass is 411 g/mol. The average Bonchev–Trinajstić information content (AvgIpc) is 2.80. The van der Waals surface area contributed by atoms with Crippen LogP contribution in [0.2, 0.25) is 0 Å².